The summed E-state index contributed by atoms with van der Waals surface area (Å²) < 4.78 is 45.7. The minimum Gasteiger partial charge on any atom is -0.466 e. The molecule has 12 heteroatoms. The van der Waals surface area contributed by atoms with E-state index in [-0.39, 0.29) is 53.3 Å². The third kappa shape index (κ3) is 4.95. The molecule has 0 aliphatic heterocycles. The number of hydrogen-bond donors (Lipinski definition) is 1. The molecular formula is C22H16ClF3N6O2. The number of alkyl halides is 3. The van der Waals surface area contributed by atoms with Crippen molar-refractivity contribution in [2.75, 3.05) is 12.3 Å². The van der Waals surface area contributed by atoms with Crippen LogP contribution in [-0.4, -0.2) is 27.3 Å². The van der Waals surface area contributed by atoms with Crippen molar-refractivity contribution in [1.29, 1.82) is 10.5 Å². The number of aryl methyl sites for hydroxylation is 1. The first-order valence-electron chi connectivity index (χ1n) is 9.79. The lowest BCUT2D eigenvalue weighted by molar-refractivity contribution is -0.143. The molecule has 0 aliphatic rings. The molecule has 2 N–H and O–H groups in total. The number of carbonyl (C=O) groups is 1. The first-order valence-corrected chi connectivity index (χ1v) is 10.2. The average Bonchev–Trinajstić information content (AvgIpc) is 3.25. The zero-order valence-electron chi connectivity index (χ0n) is 17.6. The van der Waals surface area contributed by atoms with Crippen molar-refractivity contribution in [3.63, 3.8) is 0 Å². The van der Waals surface area contributed by atoms with Gasteiger partial charge >= 0.3 is 12.1 Å². The number of esters is 1. The average molecular weight is 489 g/mol. The van der Waals surface area contributed by atoms with Crippen LogP contribution in [0.15, 0.2) is 30.6 Å². The fraction of sp³-hybridized carbons (Fsp3) is 0.227. The monoisotopic (exact) mass is 488 g/mol. The minimum atomic E-state index is -4.67. The van der Waals surface area contributed by atoms with E-state index in [0.717, 1.165) is 18.2 Å². The molecule has 0 amide bonds. The van der Waals surface area contributed by atoms with Gasteiger partial charge in [-0.1, -0.05) is 17.7 Å². The number of halogens is 4. The van der Waals surface area contributed by atoms with E-state index in [1.54, 1.807) is 6.92 Å². The van der Waals surface area contributed by atoms with Crippen LogP contribution in [0.5, 0.6) is 0 Å². The highest BCUT2D eigenvalue weighted by molar-refractivity contribution is 6.31. The van der Waals surface area contributed by atoms with E-state index in [1.807, 2.05) is 12.1 Å². The van der Waals surface area contributed by atoms with Crippen molar-refractivity contribution < 1.29 is 22.7 Å². The number of aromatic nitrogens is 3. The number of benzene rings is 1. The predicted octanol–water partition coefficient (Wildman–Crippen LogP) is 4.56. The molecule has 0 atom stereocenters. The first-order chi connectivity index (χ1) is 16.1. The summed E-state index contributed by atoms with van der Waals surface area (Å²) in [5, 5.41) is 23.0. The van der Waals surface area contributed by atoms with E-state index in [0.29, 0.717) is 5.56 Å². The van der Waals surface area contributed by atoms with Crippen molar-refractivity contribution in [3.8, 4) is 34.5 Å². The molecule has 0 saturated carbocycles. The summed E-state index contributed by atoms with van der Waals surface area (Å²) in [6.07, 6.45) is -1.69. The highest BCUT2D eigenvalue weighted by Gasteiger charge is 2.33. The van der Waals surface area contributed by atoms with Gasteiger partial charge in [0.2, 0.25) is 0 Å². The molecule has 0 bridgehead atoms. The van der Waals surface area contributed by atoms with Crippen molar-refractivity contribution in [3.05, 3.63) is 52.3 Å². The third-order valence-corrected chi connectivity index (χ3v) is 5.08. The Morgan fingerprint density at radius 1 is 1.24 bits per heavy atom. The molecule has 2 aromatic heterocycles. The van der Waals surface area contributed by atoms with Gasteiger partial charge in [-0.05, 0) is 24.6 Å². The van der Waals surface area contributed by atoms with Gasteiger partial charge in [-0.25, -0.2) is 4.98 Å². The fourth-order valence-corrected chi connectivity index (χ4v) is 3.56. The molecule has 0 aliphatic carbocycles. The maximum atomic E-state index is 13.1. The largest absolute Gasteiger partial charge is 0.466 e. The molecule has 2 heterocycles. The van der Waals surface area contributed by atoms with Gasteiger partial charge in [-0.2, -0.15) is 28.8 Å². The standard InChI is InChI=1S/C22H16ClF3N6O2/c1-2-34-18(33)5-6-32-11-13(10-30-32)20-14(8-27)19(15(9-28)21(29)31-20)12-3-4-16(17(23)7-12)22(24,25)26/h3-4,7,10-11H,2,5-6H2,1H3,(H2,29,31). The van der Waals surface area contributed by atoms with Crippen LogP contribution in [0.3, 0.4) is 0 Å². The number of nitriles is 2. The zero-order valence-corrected chi connectivity index (χ0v) is 18.4. The number of pyridine rings is 1. The molecule has 0 fully saturated rings. The molecule has 174 valence electrons. The normalized spacial score (nSPS) is 11.0. The van der Waals surface area contributed by atoms with Crippen molar-refractivity contribution in [1.82, 2.24) is 14.8 Å². The van der Waals surface area contributed by atoms with Crippen LogP contribution < -0.4 is 5.73 Å². The predicted molar refractivity (Wildman–Crippen MR) is 116 cm³/mol. The van der Waals surface area contributed by atoms with E-state index < -0.39 is 22.7 Å². The van der Waals surface area contributed by atoms with Gasteiger partial charge in [0.25, 0.3) is 0 Å². The van der Waals surface area contributed by atoms with Crippen LogP contribution >= 0.6 is 11.6 Å². The first kappa shape index (κ1) is 24.6. The Balaban J connectivity index is 2.12. The Hall–Kier alpha value is -4.09. The summed E-state index contributed by atoms with van der Waals surface area (Å²) in [6.45, 7) is 2.14. The number of ether oxygens (including phenoxy) is 1. The van der Waals surface area contributed by atoms with Crippen molar-refractivity contribution >= 4 is 23.4 Å². The molecule has 8 nitrogen and oxygen atoms in total. The van der Waals surface area contributed by atoms with Crippen LogP contribution in [0.2, 0.25) is 5.02 Å². The maximum absolute atomic E-state index is 13.1. The van der Waals surface area contributed by atoms with Crippen LogP contribution in [-0.2, 0) is 22.3 Å². The Bertz CT molecular complexity index is 1340. The van der Waals surface area contributed by atoms with E-state index in [9.17, 15) is 28.5 Å². The van der Waals surface area contributed by atoms with Crippen LogP contribution in [0.1, 0.15) is 30.0 Å². The highest BCUT2D eigenvalue weighted by atomic mass is 35.5. The fourth-order valence-electron chi connectivity index (χ4n) is 3.27. The second-order valence-electron chi connectivity index (χ2n) is 6.93. The molecular weight excluding hydrogens is 473 g/mol. The van der Waals surface area contributed by atoms with E-state index in [2.05, 4.69) is 10.1 Å². The summed E-state index contributed by atoms with van der Waals surface area (Å²) in [6, 6.07) is 6.71. The SMILES string of the molecule is CCOC(=O)CCn1cc(-c2nc(N)c(C#N)c(-c3ccc(C(F)(F)F)c(Cl)c3)c2C#N)cn1. The Kier molecular flexibility index (Phi) is 7.08. The molecule has 1 aromatic carbocycles. The quantitative estimate of drug-likeness (QED) is 0.503. The van der Waals surface area contributed by atoms with Crippen LogP contribution in [0.25, 0.3) is 22.4 Å². The van der Waals surface area contributed by atoms with Gasteiger partial charge in [0.15, 0.2) is 0 Å². The summed E-state index contributed by atoms with van der Waals surface area (Å²) >= 11 is 5.85. The molecule has 3 rings (SSSR count). The van der Waals surface area contributed by atoms with E-state index in [4.69, 9.17) is 22.1 Å². The summed E-state index contributed by atoms with van der Waals surface area (Å²) in [4.78, 5) is 15.7. The molecule has 0 saturated heterocycles. The number of nitrogen functional groups attached to an aromatic ring is 1. The van der Waals surface area contributed by atoms with Crippen LogP contribution in [0.4, 0.5) is 19.0 Å². The van der Waals surface area contributed by atoms with Crippen LogP contribution in [0, 0.1) is 22.7 Å². The van der Waals surface area contributed by atoms with Gasteiger partial charge in [0.05, 0.1) is 47.6 Å². The third-order valence-electron chi connectivity index (χ3n) is 4.77. The Labute approximate surface area is 196 Å². The van der Waals surface area contributed by atoms with Gasteiger partial charge in [0, 0.05) is 17.3 Å². The van der Waals surface area contributed by atoms with Crippen molar-refractivity contribution in [2.45, 2.75) is 26.1 Å². The smallest absolute Gasteiger partial charge is 0.417 e. The number of nitrogens with two attached hydrogens (primary N) is 1. The second-order valence-corrected chi connectivity index (χ2v) is 7.34. The molecule has 0 spiro atoms. The number of anilines is 1. The molecule has 3 aromatic rings. The molecule has 0 unspecified atom stereocenters. The number of rotatable bonds is 6. The molecule has 0 radical (unpaired) electrons. The van der Waals surface area contributed by atoms with Crippen molar-refractivity contribution in [2.24, 2.45) is 0 Å². The molecule has 34 heavy (non-hydrogen) atoms. The minimum absolute atomic E-state index is 0.00222. The zero-order chi connectivity index (χ0) is 25.0. The Morgan fingerprint density at radius 2 is 1.94 bits per heavy atom. The maximum Gasteiger partial charge on any atom is 0.417 e. The van der Waals surface area contributed by atoms with Gasteiger partial charge in [-0.15, -0.1) is 0 Å². The van der Waals surface area contributed by atoms with Gasteiger partial charge in [-0.3, -0.25) is 9.48 Å². The summed E-state index contributed by atoms with van der Waals surface area (Å²) in [7, 11) is 0. The number of nitrogens with zero attached hydrogens (tertiary/aromatic N) is 5. The van der Waals surface area contributed by atoms with Gasteiger partial charge < -0.3 is 10.5 Å². The van der Waals surface area contributed by atoms with Gasteiger partial charge in [0.1, 0.15) is 23.5 Å². The lowest BCUT2D eigenvalue weighted by atomic mass is 9.92. The number of carbonyl (C=O) groups excluding carboxylic acids is 1. The topological polar surface area (TPSA) is 131 Å². The Morgan fingerprint density at radius 3 is 2.53 bits per heavy atom. The van der Waals surface area contributed by atoms with E-state index >= 15 is 0 Å². The number of hydrogen-bond acceptors (Lipinski definition) is 7. The van der Waals surface area contributed by atoms with E-state index in [1.165, 1.54) is 17.1 Å². The lowest BCUT2D eigenvalue weighted by Crippen LogP contribution is -2.09. The summed E-state index contributed by atoms with van der Waals surface area (Å²) in [5.74, 6) is -0.624. The second kappa shape index (κ2) is 9.81. The highest BCUT2D eigenvalue weighted by Crippen LogP contribution is 2.40. The lowest BCUT2D eigenvalue weighted by Gasteiger charge is -2.14. The summed E-state index contributed by atoms with van der Waals surface area (Å²) in [5.41, 5.74) is 5.17.